The molecule has 12 heavy (non-hydrogen) atoms. The zero-order chi connectivity index (χ0) is 8.55. The second kappa shape index (κ2) is 2.28. The average Bonchev–Trinajstić information content (AvgIpc) is 2.49. The number of hydrogen-bond acceptors (Lipinski definition) is 2. The van der Waals surface area contributed by atoms with Crippen LogP contribution < -0.4 is 0 Å². The SMILES string of the molecule is N#Cc1c[nH]c2cccc(O)c12. The van der Waals surface area contributed by atoms with E-state index in [4.69, 9.17) is 5.26 Å². The molecule has 0 saturated carbocycles. The van der Waals surface area contributed by atoms with E-state index in [0.717, 1.165) is 5.52 Å². The molecule has 0 aliphatic carbocycles. The van der Waals surface area contributed by atoms with Gasteiger partial charge in [-0.25, -0.2) is 0 Å². The second-order valence-corrected chi connectivity index (χ2v) is 2.51. The molecular formula is C9H6N2O. The van der Waals surface area contributed by atoms with Crippen molar-refractivity contribution in [3.05, 3.63) is 30.0 Å². The number of nitriles is 1. The van der Waals surface area contributed by atoms with Gasteiger partial charge in [-0.3, -0.25) is 0 Å². The fourth-order valence-corrected chi connectivity index (χ4v) is 1.25. The number of aromatic nitrogens is 1. The summed E-state index contributed by atoms with van der Waals surface area (Å²) in [5.74, 6) is 0.144. The minimum atomic E-state index is 0.144. The van der Waals surface area contributed by atoms with Crippen LogP contribution in [0.1, 0.15) is 5.56 Å². The quantitative estimate of drug-likeness (QED) is 0.613. The summed E-state index contributed by atoms with van der Waals surface area (Å²) in [4.78, 5) is 2.90. The Morgan fingerprint density at radius 1 is 1.42 bits per heavy atom. The summed E-state index contributed by atoms with van der Waals surface area (Å²) in [5.41, 5.74) is 1.26. The Morgan fingerprint density at radius 2 is 2.25 bits per heavy atom. The summed E-state index contributed by atoms with van der Waals surface area (Å²) in [6.07, 6.45) is 1.59. The molecule has 2 aromatic rings. The number of nitrogens with zero attached hydrogens (tertiary/aromatic N) is 1. The molecule has 1 heterocycles. The van der Waals surface area contributed by atoms with Gasteiger partial charge in [-0.15, -0.1) is 0 Å². The summed E-state index contributed by atoms with van der Waals surface area (Å²) in [6, 6.07) is 7.11. The van der Waals surface area contributed by atoms with Crippen molar-refractivity contribution in [1.82, 2.24) is 4.98 Å². The smallest absolute Gasteiger partial charge is 0.126 e. The molecule has 0 saturated heterocycles. The molecular weight excluding hydrogens is 152 g/mol. The predicted molar refractivity (Wildman–Crippen MR) is 44.7 cm³/mol. The summed E-state index contributed by atoms with van der Waals surface area (Å²) >= 11 is 0. The Morgan fingerprint density at radius 3 is 3.00 bits per heavy atom. The summed E-state index contributed by atoms with van der Waals surface area (Å²) < 4.78 is 0. The van der Waals surface area contributed by atoms with Gasteiger partial charge in [-0.2, -0.15) is 5.26 Å². The molecule has 0 aliphatic rings. The van der Waals surface area contributed by atoms with Gasteiger partial charge < -0.3 is 10.1 Å². The number of nitrogens with one attached hydrogen (secondary N) is 1. The topological polar surface area (TPSA) is 59.8 Å². The lowest BCUT2D eigenvalue weighted by atomic mass is 10.2. The Bertz CT molecular complexity index is 465. The summed E-state index contributed by atoms with van der Waals surface area (Å²) in [7, 11) is 0. The van der Waals surface area contributed by atoms with E-state index in [1.807, 2.05) is 12.1 Å². The maximum atomic E-state index is 9.40. The number of aromatic amines is 1. The van der Waals surface area contributed by atoms with Gasteiger partial charge >= 0.3 is 0 Å². The Labute approximate surface area is 68.9 Å². The molecule has 0 amide bonds. The van der Waals surface area contributed by atoms with Gasteiger partial charge in [0.05, 0.1) is 16.5 Å². The minimum absolute atomic E-state index is 0.144. The lowest BCUT2D eigenvalue weighted by Crippen LogP contribution is -1.70. The Kier molecular flexibility index (Phi) is 1.28. The Hall–Kier alpha value is -1.95. The number of hydrogen-bond donors (Lipinski definition) is 2. The molecule has 2 N–H and O–H groups in total. The summed E-state index contributed by atoms with van der Waals surface area (Å²) in [6.45, 7) is 0. The third-order valence-corrected chi connectivity index (χ3v) is 1.80. The molecule has 3 nitrogen and oxygen atoms in total. The fraction of sp³-hybridized carbons (Fsp3) is 0. The van der Waals surface area contributed by atoms with Crippen LogP contribution in [-0.2, 0) is 0 Å². The van der Waals surface area contributed by atoms with Crippen LogP contribution in [0.25, 0.3) is 10.9 Å². The fourth-order valence-electron chi connectivity index (χ4n) is 1.25. The van der Waals surface area contributed by atoms with E-state index >= 15 is 0 Å². The van der Waals surface area contributed by atoms with Crippen molar-refractivity contribution in [3.8, 4) is 11.8 Å². The van der Waals surface area contributed by atoms with Gasteiger partial charge in [0, 0.05) is 6.20 Å². The van der Waals surface area contributed by atoms with Crippen molar-refractivity contribution >= 4 is 10.9 Å². The summed E-state index contributed by atoms with van der Waals surface area (Å²) in [5, 5.41) is 18.7. The van der Waals surface area contributed by atoms with E-state index in [9.17, 15) is 5.11 Å². The first-order chi connectivity index (χ1) is 5.83. The molecule has 0 radical (unpaired) electrons. The lowest BCUT2D eigenvalue weighted by molar-refractivity contribution is 0.481. The highest BCUT2D eigenvalue weighted by atomic mass is 16.3. The van der Waals surface area contributed by atoms with Gasteiger partial charge in [-0.05, 0) is 12.1 Å². The number of H-pyrrole nitrogens is 1. The predicted octanol–water partition coefficient (Wildman–Crippen LogP) is 1.75. The van der Waals surface area contributed by atoms with Crippen molar-refractivity contribution in [3.63, 3.8) is 0 Å². The molecule has 3 heteroatoms. The highest BCUT2D eigenvalue weighted by Crippen LogP contribution is 2.26. The first-order valence-corrected chi connectivity index (χ1v) is 3.52. The molecule has 0 fully saturated rings. The number of fused-ring (bicyclic) bond motifs is 1. The van der Waals surface area contributed by atoms with Gasteiger partial charge in [0.2, 0.25) is 0 Å². The number of aromatic hydroxyl groups is 1. The third-order valence-electron chi connectivity index (χ3n) is 1.80. The van der Waals surface area contributed by atoms with Gasteiger partial charge in [0.25, 0.3) is 0 Å². The van der Waals surface area contributed by atoms with Crippen LogP contribution in [0.2, 0.25) is 0 Å². The highest BCUT2D eigenvalue weighted by Gasteiger charge is 2.05. The maximum absolute atomic E-state index is 9.40. The van der Waals surface area contributed by atoms with Crippen molar-refractivity contribution in [1.29, 1.82) is 5.26 Å². The van der Waals surface area contributed by atoms with E-state index in [0.29, 0.717) is 10.9 Å². The van der Waals surface area contributed by atoms with E-state index in [2.05, 4.69) is 4.98 Å². The zero-order valence-electron chi connectivity index (χ0n) is 6.20. The van der Waals surface area contributed by atoms with Crippen LogP contribution in [0.3, 0.4) is 0 Å². The van der Waals surface area contributed by atoms with Crippen molar-refractivity contribution in [2.45, 2.75) is 0 Å². The van der Waals surface area contributed by atoms with E-state index < -0.39 is 0 Å². The van der Waals surface area contributed by atoms with Gasteiger partial charge in [0.15, 0.2) is 0 Å². The van der Waals surface area contributed by atoms with Crippen LogP contribution in [0.4, 0.5) is 0 Å². The number of phenols is 1. The maximum Gasteiger partial charge on any atom is 0.126 e. The van der Waals surface area contributed by atoms with E-state index in [-0.39, 0.29) is 5.75 Å². The molecule has 0 spiro atoms. The molecule has 0 atom stereocenters. The highest BCUT2D eigenvalue weighted by molar-refractivity contribution is 5.90. The molecule has 0 bridgehead atoms. The zero-order valence-corrected chi connectivity index (χ0v) is 6.20. The normalized spacial score (nSPS) is 9.92. The van der Waals surface area contributed by atoms with Crippen LogP contribution in [-0.4, -0.2) is 10.1 Å². The number of benzene rings is 1. The lowest BCUT2D eigenvalue weighted by Gasteiger charge is -1.92. The van der Waals surface area contributed by atoms with Crippen LogP contribution >= 0.6 is 0 Å². The largest absolute Gasteiger partial charge is 0.507 e. The van der Waals surface area contributed by atoms with E-state index in [1.165, 1.54) is 0 Å². The number of rotatable bonds is 0. The molecule has 1 aromatic carbocycles. The molecule has 58 valence electrons. The van der Waals surface area contributed by atoms with E-state index in [1.54, 1.807) is 18.3 Å². The van der Waals surface area contributed by atoms with Crippen LogP contribution in [0.15, 0.2) is 24.4 Å². The molecule has 0 unspecified atom stereocenters. The molecule has 0 aliphatic heterocycles. The van der Waals surface area contributed by atoms with Crippen LogP contribution in [0, 0.1) is 11.3 Å². The number of phenolic OH excluding ortho intramolecular Hbond substituents is 1. The van der Waals surface area contributed by atoms with Crippen molar-refractivity contribution in [2.75, 3.05) is 0 Å². The molecule has 1 aromatic heterocycles. The third kappa shape index (κ3) is 0.753. The first kappa shape index (κ1) is 6.74. The Balaban J connectivity index is 2.95. The first-order valence-electron chi connectivity index (χ1n) is 3.52. The average molecular weight is 158 g/mol. The van der Waals surface area contributed by atoms with Crippen molar-refractivity contribution < 1.29 is 5.11 Å². The standard InChI is InChI=1S/C9H6N2O/c10-4-6-5-11-7-2-1-3-8(12)9(6)7/h1-3,5,11-12H. The second-order valence-electron chi connectivity index (χ2n) is 2.51. The minimum Gasteiger partial charge on any atom is -0.507 e. The van der Waals surface area contributed by atoms with Crippen LogP contribution in [0.5, 0.6) is 5.75 Å². The van der Waals surface area contributed by atoms with Crippen molar-refractivity contribution in [2.24, 2.45) is 0 Å². The monoisotopic (exact) mass is 158 g/mol. The molecule has 2 rings (SSSR count). The van der Waals surface area contributed by atoms with Gasteiger partial charge in [0.1, 0.15) is 11.8 Å². The van der Waals surface area contributed by atoms with Gasteiger partial charge in [-0.1, -0.05) is 6.07 Å².